The molecular formula is C21H18N2O4. The second-order valence-electron chi connectivity index (χ2n) is 7.25. The second kappa shape index (κ2) is 5.94. The van der Waals surface area contributed by atoms with Crippen LogP contribution in [0.15, 0.2) is 53.1 Å². The number of Topliss-reactive ketones (excluding diaryl/α,β-unsaturated/α-hetero) is 1. The first-order chi connectivity index (χ1) is 13.1. The van der Waals surface area contributed by atoms with Crippen LogP contribution in [0.2, 0.25) is 0 Å². The van der Waals surface area contributed by atoms with Crippen LogP contribution in [0.3, 0.4) is 0 Å². The quantitative estimate of drug-likeness (QED) is 0.701. The van der Waals surface area contributed by atoms with Crippen LogP contribution in [0, 0.1) is 0 Å². The summed E-state index contributed by atoms with van der Waals surface area (Å²) in [6.07, 6.45) is 1.14. The Kier molecular flexibility index (Phi) is 3.53. The lowest BCUT2D eigenvalue weighted by atomic mass is 9.89. The molecule has 1 fully saturated rings. The van der Waals surface area contributed by atoms with Crippen LogP contribution in [0.25, 0.3) is 11.0 Å². The van der Waals surface area contributed by atoms with Crippen molar-refractivity contribution in [2.45, 2.75) is 24.9 Å². The molecule has 0 N–H and O–H groups in total. The highest BCUT2D eigenvalue weighted by Gasteiger charge is 2.46. The van der Waals surface area contributed by atoms with Gasteiger partial charge in [0.05, 0.1) is 24.9 Å². The molecule has 5 rings (SSSR count). The lowest BCUT2D eigenvalue weighted by Gasteiger charge is -2.34. The first kappa shape index (κ1) is 16.1. The minimum Gasteiger partial charge on any atom is -0.484 e. The van der Waals surface area contributed by atoms with E-state index < -0.39 is 5.60 Å². The highest BCUT2D eigenvalue weighted by molar-refractivity contribution is 6.00. The maximum absolute atomic E-state index is 12.8. The van der Waals surface area contributed by atoms with Crippen molar-refractivity contribution in [1.82, 2.24) is 10.1 Å². The molecule has 136 valence electrons. The van der Waals surface area contributed by atoms with Crippen LogP contribution in [-0.2, 0) is 11.2 Å². The molecule has 1 amide bonds. The second-order valence-corrected chi connectivity index (χ2v) is 7.25. The van der Waals surface area contributed by atoms with Crippen molar-refractivity contribution >= 4 is 22.7 Å². The van der Waals surface area contributed by atoms with Crippen LogP contribution < -0.4 is 4.74 Å². The van der Waals surface area contributed by atoms with Crippen LogP contribution in [0.1, 0.15) is 28.9 Å². The fourth-order valence-electron chi connectivity index (χ4n) is 4.05. The number of carbonyl (C=O) groups is 2. The summed E-state index contributed by atoms with van der Waals surface area (Å²) in [5.41, 5.74) is 1.33. The summed E-state index contributed by atoms with van der Waals surface area (Å²) in [6.45, 7) is 0.992. The Morgan fingerprint density at radius 2 is 1.96 bits per heavy atom. The fourth-order valence-corrected chi connectivity index (χ4v) is 4.05. The molecule has 6 nitrogen and oxygen atoms in total. The molecule has 1 aromatic heterocycles. The van der Waals surface area contributed by atoms with Gasteiger partial charge in [-0.05, 0) is 24.3 Å². The van der Waals surface area contributed by atoms with Crippen LogP contribution >= 0.6 is 0 Å². The molecule has 0 bridgehead atoms. The molecule has 3 aromatic rings. The molecule has 0 radical (unpaired) electrons. The summed E-state index contributed by atoms with van der Waals surface area (Å²) in [5, 5.41) is 4.90. The predicted molar refractivity (Wildman–Crippen MR) is 97.7 cm³/mol. The monoisotopic (exact) mass is 362 g/mol. The number of aromatic nitrogens is 1. The van der Waals surface area contributed by atoms with E-state index in [2.05, 4.69) is 5.16 Å². The minimum absolute atomic E-state index is 0.0270. The summed E-state index contributed by atoms with van der Waals surface area (Å²) in [6, 6.07) is 14.8. The average molecular weight is 362 g/mol. The molecule has 0 aliphatic carbocycles. The van der Waals surface area contributed by atoms with E-state index in [-0.39, 0.29) is 18.1 Å². The van der Waals surface area contributed by atoms with E-state index in [0.29, 0.717) is 48.5 Å². The third kappa shape index (κ3) is 2.68. The summed E-state index contributed by atoms with van der Waals surface area (Å²) in [4.78, 5) is 27.1. The Hall–Kier alpha value is -3.15. The van der Waals surface area contributed by atoms with Crippen molar-refractivity contribution in [2.24, 2.45) is 0 Å². The largest absolute Gasteiger partial charge is 0.484 e. The van der Waals surface area contributed by atoms with Crippen molar-refractivity contribution in [3.05, 3.63) is 59.8 Å². The number of ketones is 1. The third-order valence-electron chi connectivity index (χ3n) is 5.44. The summed E-state index contributed by atoms with van der Waals surface area (Å²) < 4.78 is 11.5. The number of hydrogen-bond acceptors (Lipinski definition) is 5. The lowest BCUT2D eigenvalue weighted by molar-refractivity contribution is -0.130. The van der Waals surface area contributed by atoms with Gasteiger partial charge < -0.3 is 14.2 Å². The molecule has 6 heteroatoms. The number of ether oxygens (including phenoxy) is 1. The Bertz CT molecular complexity index is 1060. The van der Waals surface area contributed by atoms with Gasteiger partial charge in [0.15, 0.2) is 11.4 Å². The molecule has 2 aliphatic rings. The Balaban J connectivity index is 1.34. The van der Waals surface area contributed by atoms with E-state index in [9.17, 15) is 9.59 Å². The Morgan fingerprint density at radius 3 is 2.89 bits per heavy atom. The van der Waals surface area contributed by atoms with E-state index in [4.69, 9.17) is 9.26 Å². The Labute approximate surface area is 155 Å². The van der Waals surface area contributed by atoms with Gasteiger partial charge in [0.1, 0.15) is 17.0 Å². The van der Waals surface area contributed by atoms with Crippen molar-refractivity contribution < 1.29 is 18.8 Å². The molecule has 0 saturated carbocycles. The third-order valence-corrected chi connectivity index (χ3v) is 5.44. The topological polar surface area (TPSA) is 72.6 Å². The molecular weight excluding hydrogens is 344 g/mol. The molecule has 27 heavy (non-hydrogen) atoms. The van der Waals surface area contributed by atoms with E-state index in [0.717, 1.165) is 5.39 Å². The summed E-state index contributed by atoms with van der Waals surface area (Å²) >= 11 is 0. The van der Waals surface area contributed by atoms with Gasteiger partial charge >= 0.3 is 0 Å². The number of rotatable bonds is 2. The molecule has 1 atom stereocenters. The number of fused-ring (bicyclic) bond motifs is 2. The van der Waals surface area contributed by atoms with Gasteiger partial charge in [-0.2, -0.15) is 0 Å². The zero-order valence-corrected chi connectivity index (χ0v) is 14.7. The van der Waals surface area contributed by atoms with E-state index in [1.54, 1.807) is 11.0 Å². The van der Waals surface area contributed by atoms with Crippen molar-refractivity contribution in [3.8, 4) is 5.75 Å². The maximum atomic E-state index is 12.8. The maximum Gasteiger partial charge on any atom is 0.228 e. The van der Waals surface area contributed by atoms with Crippen LogP contribution in [-0.4, -0.2) is 40.4 Å². The van der Waals surface area contributed by atoms with Crippen molar-refractivity contribution in [3.63, 3.8) is 0 Å². The Morgan fingerprint density at radius 1 is 1.15 bits per heavy atom. The smallest absolute Gasteiger partial charge is 0.228 e. The van der Waals surface area contributed by atoms with Gasteiger partial charge in [-0.1, -0.05) is 29.4 Å². The van der Waals surface area contributed by atoms with Crippen molar-refractivity contribution in [2.75, 3.05) is 13.1 Å². The standard InChI is InChI=1S/C21H18N2O4/c24-17-12-21(26-18-7-3-2-6-15(17)18)9-10-23(13-21)20(25)11-16-14-5-1-4-8-19(14)27-22-16/h1-8H,9-13H2. The minimum atomic E-state index is -0.618. The summed E-state index contributed by atoms with van der Waals surface area (Å²) in [5.74, 6) is 0.667. The average Bonchev–Trinajstić information content (AvgIpc) is 3.27. The van der Waals surface area contributed by atoms with Gasteiger partial charge in [0, 0.05) is 18.4 Å². The number of likely N-dealkylation sites (tertiary alicyclic amines) is 1. The van der Waals surface area contributed by atoms with Crippen LogP contribution in [0.5, 0.6) is 5.75 Å². The highest BCUT2D eigenvalue weighted by atomic mass is 16.5. The lowest BCUT2D eigenvalue weighted by Crippen LogP contribution is -2.45. The number of amides is 1. The zero-order chi connectivity index (χ0) is 18.4. The molecule has 1 unspecified atom stereocenters. The first-order valence-corrected chi connectivity index (χ1v) is 9.06. The van der Waals surface area contributed by atoms with Crippen molar-refractivity contribution in [1.29, 1.82) is 0 Å². The SMILES string of the molecule is O=C1CC2(CCN(C(=O)Cc3noc4ccccc34)C2)Oc2ccccc21. The van der Waals surface area contributed by atoms with Gasteiger partial charge in [-0.3, -0.25) is 9.59 Å². The van der Waals surface area contributed by atoms with Crippen LogP contribution in [0.4, 0.5) is 0 Å². The number of benzene rings is 2. The van der Waals surface area contributed by atoms with E-state index >= 15 is 0 Å². The number of nitrogens with zero attached hydrogens (tertiary/aromatic N) is 2. The molecule has 2 aromatic carbocycles. The zero-order valence-electron chi connectivity index (χ0n) is 14.7. The molecule has 1 spiro atoms. The van der Waals surface area contributed by atoms with Gasteiger partial charge in [0.25, 0.3) is 0 Å². The molecule has 1 saturated heterocycles. The van der Waals surface area contributed by atoms with Gasteiger partial charge in [0.2, 0.25) is 5.91 Å². The number of para-hydroxylation sites is 2. The van der Waals surface area contributed by atoms with E-state index in [1.165, 1.54) is 0 Å². The summed E-state index contributed by atoms with van der Waals surface area (Å²) in [7, 11) is 0. The molecule has 2 aliphatic heterocycles. The number of hydrogen-bond donors (Lipinski definition) is 0. The highest BCUT2D eigenvalue weighted by Crippen LogP contribution is 2.38. The van der Waals surface area contributed by atoms with E-state index in [1.807, 2.05) is 42.5 Å². The number of carbonyl (C=O) groups excluding carboxylic acids is 2. The fraction of sp³-hybridized carbons (Fsp3) is 0.286. The normalized spacial score (nSPS) is 21.5. The molecule has 3 heterocycles. The first-order valence-electron chi connectivity index (χ1n) is 9.06. The van der Waals surface area contributed by atoms with Gasteiger partial charge in [-0.15, -0.1) is 0 Å². The predicted octanol–water partition coefficient (Wildman–Crippen LogP) is 3.01. The van der Waals surface area contributed by atoms with Gasteiger partial charge in [-0.25, -0.2) is 0 Å².